The van der Waals surface area contributed by atoms with Crippen LogP contribution in [-0.4, -0.2) is 7.05 Å². The zero-order valence-electron chi connectivity index (χ0n) is 11.5. The van der Waals surface area contributed by atoms with Crippen LogP contribution in [0.15, 0.2) is 53.1 Å². The van der Waals surface area contributed by atoms with Crippen molar-refractivity contribution in [2.24, 2.45) is 0 Å². The number of nitrogens with one attached hydrogen (secondary N) is 1. The van der Waals surface area contributed by atoms with Gasteiger partial charge in [-0.2, -0.15) is 0 Å². The SMILES string of the molecule is CNC(c1cc(C)ccc1F)c1coc2ccccc12. The third-order valence-electron chi connectivity index (χ3n) is 3.57. The van der Waals surface area contributed by atoms with Crippen molar-refractivity contribution in [2.45, 2.75) is 13.0 Å². The molecule has 0 fully saturated rings. The lowest BCUT2D eigenvalue weighted by atomic mass is 9.96. The van der Waals surface area contributed by atoms with Crippen LogP contribution in [0.25, 0.3) is 11.0 Å². The van der Waals surface area contributed by atoms with E-state index < -0.39 is 0 Å². The molecule has 0 saturated carbocycles. The van der Waals surface area contributed by atoms with E-state index in [4.69, 9.17) is 4.42 Å². The fraction of sp³-hybridized carbons (Fsp3) is 0.176. The van der Waals surface area contributed by atoms with Gasteiger partial charge >= 0.3 is 0 Å². The second-order valence-electron chi connectivity index (χ2n) is 4.93. The lowest BCUT2D eigenvalue weighted by Gasteiger charge is -2.17. The van der Waals surface area contributed by atoms with Crippen LogP contribution in [0.3, 0.4) is 0 Å². The molecule has 2 nitrogen and oxygen atoms in total. The molecule has 0 aliphatic rings. The van der Waals surface area contributed by atoms with Crippen molar-refractivity contribution in [3.8, 4) is 0 Å². The summed E-state index contributed by atoms with van der Waals surface area (Å²) in [5.74, 6) is -0.208. The average molecular weight is 269 g/mol. The van der Waals surface area contributed by atoms with Gasteiger partial charge in [0.15, 0.2) is 0 Å². The van der Waals surface area contributed by atoms with Crippen LogP contribution >= 0.6 is 0 Å². The summed E-state index contributed by atoms with van der Waals surface area (Å²) in [7, 11) is 1.83. The highest BCUT2D eigenvalue weighted by atomic mass is 19.1. The molecule has 0 saturated heterocycles. The average Bonchev–Trinajstić information content (AvgIpc) is 2.88. The first kappa shape index (κ1) is 12.9. The zero-order valence-corrected chi connectivity index (χ0v) is 11.5. The monoisotopic (exact) mass is 269 g/mol. The number of fused-ring (bicyclic) bond motifs is 1. The van der Waals surface area contributed by atoms with E-state index in [1.54, 1.807) is 12.3 Å². The maximum Gasteiger partial charge on any atom is 0.134 e. The standard InChI is InChI=1S/C17H16FNO/c1-11-7-8-15(18)13(9-11)17(19-2)14-10-20-16-6-4-3-5-12(14)16/h3-10,17,19H,1-2H3. The minimum Gasteiger partial charge on any atom is -0.464 e. The predicted molar refractivity (Wildman–Crippen MR) is 78.3 cm³/mol. The van der Waals surface area contributed by atoms with Crippen LogP contribution in [0.4, 0.5) is 4.39 Å². The van der Waals surface area contributed by atoms with Crippen LogP contribution in [0.5, 0.6) is 0 Å². The second-order valence-corrected chi connectivity index (χ2v) is 4.93. The predicted octanol–water partition coefficient (Wildman–Crippen LogP) is 4.19. The fourth-order valence-electron chi connectivity index (χ4n) is 2.58. The van der Waals surface area contributed by atoms with Crippen molar-refractivity contribution in [1.82, 2.24) is 5.32 Å². The third kappa shape index (κ3) is 2.10. The van der Waals surface area contributed by atoms with Crippen LogP contribution in [0.2, 0.25) is 0 Å². The fourth-order valence-corrected chi connectivity index (χ4v) is 2.58. The molecule has 0 bridgehead atoms. The summed E-state index contributed by atoms with van der Waals surface area (Å²) in [6.07, 6.45) is 1.70. The van der Waals surface area contributed by atoms with E-state index in [0.29, 0.717) is 5.56 Å². The molecule has 1 unspecified atom stereocenters. The Bertz CT molecular complexity index is 748. The number of hydrogen-bond donors (Lipinski definition) is 1. The van der Waals surface area contributed by atoms with Crippen molar-refractivity contribution in [3.63, 3.8) is 0 Å². The first-order chi connectivity index (χ1) is 9.70. The quantitative estimate of drug-likeness (QED) is 0.771. The van der Waals surface area contributed by atoms with E-state index in [1.165, 1.54) is 6.07 Å². The van der Waals surface area contributed by atoms with Crippen molar-refractivity contribution >= 4 is 11.0 Å². The Morgan fingerprint density at radius 2 is 1.90 bits per heavy atom. The molecule has 0 radical (unpaired) electrons. The number of hydrogen-bond acceptors (Lipinski definition) is 2. The Balaban J connectivity index is 2.16. The minimum absolute atomic E-state index is 0.208. The topological polar surface area (TPSA) is 25.2 Å². The smallest absolute Gasteiger partial charge is 0.134 e. The summed E-state index contributed by atoms with van der Waals surface area (Å²) >= 11 is 0. The van der Waals surface area contributed by atoms with Crippen molar-refractivity contribution in [2.75, 3.05) is 7.05 Å². The van der Waals surface area contributed by atoms with Gasteiger partial charge in [-0.05, 0) is 26.1 Å². The summed E-state index contributed by atoms with van der Waals surface area (Å²) in [4.78, 5) is 0. The normalized spacial score (nSPS) is 12.8. The molecule has 0 amide bonds. The molecule has 3 heteroatoms. The molecular formula is C17H16FNO. The largest absolute Gasteiger partial charge is 0.464 e. The minimum atomic E-state index is -0.224. The van der Waals surface area contributed by atoms with E-state index in [0.717, 1.165) is 22.1 Å². The van der Waals surface area contributed by atoms with Gasteiger partial charge in [-0.1, -0.05) is 35.9 Å². The van der Waals surface area contributed by atoms with Gasteiger partial charge in [-0.3, -0.25) is 0 Å². The van der Waals surface area contributed by atoms with Gasteiger partial charge in [0.25, 0.3) is 0 Å². The van der Waals surface area contributed by atoms with Gasteiger partial charge in [0.1, 0.15) is 11.4 Å². The van der Waals surface area contributed by atoms with Crippen LogP contribution in [-0.2, 0) is 0 Å². The molecule has 1 aromatic heterocycles. The second kappa shape index (κ2) is 5.10. The zero-order chi connectivity index (χ0) is 14.1. The van der Waals surface area contributed by atoms with E-state index in [-0.39, 0.29) is 11.9 Å². The first-order valence-electron chi connectivity index (χ1n) is 6.60. The van der Waals surface area contributed by atoms with Gasteiger partial charge in [0.05, 0.1) is 12.3 Å². The molecule has 0 aliphatic carbocycles. The molecule has 2 aromatic carbocycles. The van der Waals surface area contributed by atoms with Gasteiger partial charge in [0.2, 0.25) is 0 Å². The number of halogens is 1. The van der Waals surface area contributed by atoms with Gasteiger partial charge in [-0.25, -0.2) is 4.39 Å². The van der Waals surface area contributed by atoms with Gasteiger partial charge < -0.3 is 9.73 Å². The number of furan rings is 1. The Morgan fingerprint density at radius 3 is 2.70 bits per heavy atom. The molecule has 20 heavy (non-hydrogen) atoms. The molecular weight excluding hydrogens is 253 g/mol. The van der Waals surface area contributed by atoms with Gasteiger partial charge in [-0.15, -0.1) is 0 Å². The van der Waals surface area contributed by atoms with Crippen molar-refractivity contribution in [1.29, 1.82) is 0 Å². The highest BCUT2D eigenvalue weighted by Crippen LogP contribution is 2.31. The summed E-state index contributed by atoms with van der Waals surface area (Å²) in [6.45, 7) is 1.96. The van der Waals surface area contributed by atoms with E-state index >= 15 is 0 Å². The molecule has 1 atom stereocenters. The summed E-state index contributed by atoms with van der Waals surface area (Å²) in [5, 5.41) is 4.19. The Hall–Kier alpha value is -2.13. The third-order valence-corrected chi connectivity index (χ3v) is 3.57. The van der Waals surface area contributed by atoms with Crippen LogP contribution in [0, 0.1) is 12.7 Å². The van der Waals surface area contributed by atoms with E-state index in [9.17, 15) is 4.39 Å². The number of aryl methyl sites for hydroxylation is 1. The molecule has 3 aromatic rings. The molecule has 3 rings (SSSR count). The highest BCUT2D eigenvalue weighted by molar-refractivity contribution is 5.82. The molecule has 0 spiro atoms. The molecule has 1 N–H and O–H groups in total. The number of benzene rings is 2. The molecule has 0 aliphatic heterocycles. The Morgan fingerprint density at radius 1 is 1.10 bits per heavy atom. The summed E-state index contributed by atoms with van der Waals surface area (Å²) in [6, 6.07) is 12.7. The highest BCUT2D eigenvalue weighted by Gasteiger charge is 2.20. The van der Waals surface area contributed by atoms with Crippen LogP contribution < -0.4 is 5.32 Å². The van der Waals surface area contributed by atoms with Crippen molar-refractivity contribution in [3.05, 3.63) is 71.2 Å². The van der Waals surface area contributed by atoms with Gasteiger partial charge in [0, 0.05) is 16.5 Å². The first-order valence-corrected chi connectivity index (χ1v) is 6.60. The van der Waals surface area contributed by atoms with Crippen molar-refractivity contribution < 1.29 is 8.81 Å². The lowest BCUT2D eigenvalue weighted by Crippen LogP contribution is -2.18. The summed E-state index contributed by atoms with van der Waals surface area (Å²) in [5.41, 5.74) is 3.44. The molecule has 1 heterocycles. The van der Waals surface area contributed by atoms with E-state index in [1.807, 2.05) is 44.3 Å². The molecule has 102 valence electrons. The number of rotatable bonds is 3. The summed E-state index contributed by atoms with van der Waals surface area (Å²) < 4.78 is 19.7. The maximum atomic E-state index is 14.1. The maximum absolute atomic E-state index is 14.1. The Labute approximate surface area is 117 Å². The van der Waals surface area contributed by atoms with Crippen LogP contribution in [0.1, 0.15) is 22.7 Å². The Kier molecular flexibility index (Phi) is 3.28. The lowest BCUT2D eigenvalue weighted by molar-refractivity contribution is 0.565. The number of para-hydroxylation sites is 1. The van der Waals surface area contributed by atoms with E-state index in [2.05, 4.69) is 5.32 Å².